The minimum absolute atomic E-state index is 0.145. The van der Waals surface area contributed by atoms with Crippen molar-refractivity contribution >= 4 is 21.6 Å². The van der Waals surface area contributed by atoms with Crippen LogP contribution in [0.1, 0.15) is 6.42 Å². The first kappa shape index (κ1) is 17.9. The van der Waals surface area contributed by atoms with Crippen LogP contribution in [0.3, 0.4) is 0 Å². The quantitative estimate of drug-likeness (QED) is 0.772. The summed E-state index contributed by atoms with van der Waals surface area (Å²) in [6.07, 6.45) is 0.339. The topological polar surface area (TPSA) is 81.8 Å². The largest absolute Gasteiger partial charge is 0.326 e. The maximum absolute atomic E-state index is 12.7. The van der Waals surface area contributed by atoms with Crippen LogP contribution < -0.4 is 10.6 Å². The summed E-state index contributed by atoms with van der Waals surface area (Å²) < 4.78 is 26.9. The van der Waals surface area contributed by atoms with E-state index in [9.17, 15) is 13.2 Å². The van der Waals surface area contributed by atoms with Gasteiger partial charge in [-0.2, -0.15) is 4.31 Å². The summed E-state index contributed by atoms with van der Waals surface area (Å²) in [6, 6.07) is 6.43. The van der Waals surface area contributed by atoms with Gasteiger partial charge in [0, 0.05) is 44.8 Å². The first-order chi connectivity index (χ1) is 10.9. The summed E-state index contributed by atoms with van der Waals surface area (Å²) in [7, 11) is 0.234. The van der Waals surface area contributed by atoms with Gasteiger partial charge in [-0.05, 0) is 32.3 Å². The van der Waals surface area contributed by atoms with Crippen molar-refractivity contribution in [2.75, 3.05) is 52.1 Å². The van der Waals surface area contributed by atoms with Gasteiger partial charge < -0.3 is 15.5 Å². The predicted molar refractivity (Wildman–Crippen MR) is 89.9 cm³/mol. The number of nitrogens with zero attached hydrogens (tertiary/aromatic N) is 2. The Morgan fingerprint density at radius 2 is 1.91 bits per heavy atom. The van der Waals surface area contributed by atoms with Crippen LogP contribution in [0.25, 0.3) is 0 Å². The fourth-order valence-corrected chi connectivity index (χ4v) is 3.84. The van der Waals surface area contributed by atoms with Gasteiger partial charge in [-0.15, -0.1) is 0 Å². The molecule has 7 nitrogen and oxygen atoms in total. The minimum Gasteiger partial charge on any atom is -0.326 e. The van der Waals surface area contributed by atoms with Gasteiger partial charge in [0.25, 0.3) is 0 Å². The van der Waals surface area contributed by atoms with Crippen molar-refractivity contribution in [3.05, 3.63) is 24.3 Å². The molecular weight excluding hydrogens is 316 g/mol. The summed E-state index contributed by atoms with van der Waals surface area (Å²) in [6.45, 7) is 2.99. The fraction of sp³-hybridized carbons (Fsp3) is 0.533. The number of rotatable bonds is 6. The van der Waals surface area contributed by atoms with Crippen LogP contribution in [0.15, 0.2) is 29.2 Å². The summed E-state index contributed by atoms with van der Waals surface area (Å²) in [5.74, 6) is -0.145. The highest BCUT2D eigenvalue weighted by Gasteiger charge is 2.27. The smallest absolute Gasteiger partial charge is 0.243 e. The maximum atomic E-state index is 12.7. The highest BCUT2D eigenvalue weighted by Crippen LogP contribution is 2.20. The van der Waals surface area contributed by atoms with Gasteiger partial charge in [0.05, 0.1) is 4.90 Å². The van der Waals surface area contributed by atoms with Crippen molar-refractivity contribution in [1.82, 2.24) is 14.5 Å². The average Bonchev–Trinajstić information content (AvgIpc) is 2.53. The number of nitrogens with one attached hydrogen (secondary N) is 2. The van der Waals surface area contributed by atoms with E-state index in [0.717, 1.165) is 13.1 Å². The van der Waals surface area contributed by atoms with E-state index in [-0.39, 0.29) is 10.8 Å². The number of hydrogen-bond donors (Lipinski definition) is 2. The summed E-state index contributed by atoms with van der Waals surface area (Å²) >= 11 is 0. The number of likely N-dealkylation sites (N-methyl/N-ethyl adjacent to an activating group) is 1. The van der Waals surface area contributed by atoms with Crippen LogP contribution in [-0.2, 0) is 14.8 Å². The van der Waals surface area contributed by atoms with Crippen LogP contribution in [0.5, 0.6) is 0 Å². The van der Waals surface area contributed by atoms with Crippen molar-refractivity contribution in [1.29, 1.82) is 0 Å². The molecule has 0 radical (unpaired) electrons. The number of amides is 1. The summed E-state index contributed by atoms with van der Waals surface area (Å²) in [4.78, 5) is 14.1. The standard InChI is InChI=1S/C15H24N4O3S/c1-16-7-6-15(20)17-13-4-3-5-14(12-13)23(21,22)19-10-8-18(2)9-11-19/h3-5,12,16H,6-11H2,1-2H3,(H,17,20). The molecule has 23 heavy (non-hydrogen) atoms. The summed E-state index contributed by atoms with van der Waals surface area (Å²) in [5.41, 5.74) is 0.501. The van der Waals surface area contributed by atoms with Crippen molar-refractivity contribution in [2.24, 2.45) is 0 Å². The van der Waals surface area contributed by atoms with E-state index in [1.54, 1.807) is 25.2 Å². The first-order valence-corrected chi connectivity index (χ1v) is 9.10. The zero-order chi connectivity index (χ0) is 16.9. The molecule has 2 rings (SSSR count). The lowest BCUT2D eigenvalue weighted by atomic mass is 10.3. The number of piperazine rings is 1. The monoisotopic (exact) mass is 340 g/mol. The predicted octanol–water partition coefficient (Wildman–Crippen LogP) is 0.171. The van der Waals surface area contributed by atoms with Crippen LogP contribution >= 0.6 is 0 Å². The number of sulfonamides is 1. The van der Waals surface area contributed by atoms with E-state index >= 15 is 0 Å². The molecule has 1 aliphatic rings. The molecule has 1 aliphatic heterocycles. The molecule has 0 aliphatic carbocycles. The molecule has 1 aromatic carbocycles. The molecule has 0 spiro atoms. The Bertz CT molecular complexity index is 640. The van der Waals surface area contributed by atoms with Gasteiger partial charge in [-0.25, -0.2) is 8.42 Å². The van der Waals surface area contributed by atoms with Gasteiger partial charge in [0.1, 0.15) is 0 Å². The molecule has 1 heterocycles. The van der Waals surface area contributed by atoms with Crippen molar-refractivity contribution < 1.29 is 13.2 Å². The Hall–Kier alpha value is -1.48. The van der Waals surface area contributed by atoms with Crippen molar-refractivity contribution in [3.63, 3.8) is 0 Å². The van der Waals surface area contributed by atoms with E-state index < -0.39 is 10.0 Å². The van der Waals surface area contributed by atoms with Crippen LogP contribution in [0, 0.1) is 0 Å². The number of carbonyl (C=O) groups excluding carboxylic acids is 1. The molecule has 1 fully saturated rings. The maximum Gasteiger partial charge on any atom is 0.243 e. The van der Waals surface area contributed by atoms with E-state index in [2.05, 4.69) is 15.5 Å². The average molecular weight is 340 g/mol. The lowest BCUT2D eigenvalue weighted by Gasteiger charge is -2.31. The van der Waals surface area contributed by atoms with Crippen molar-refractivity contribution in [2.45, 2.75) is 11.3 Å². The van der Waals surface area contributed by atoms with Gasteiger partial charge in [-0.1, -0.05) is 6.07 Å². The minimum atomic E-state index is -3.52. The third kappa shape index (κ3) is 4.74. The molecule has 1 amide bonds. The highest BCUT2D eigenvalue weighted by atomic mass is 32.2. The number of benzene rings is 1. The Morgan fingerprint density at radius 3 is 2.57 bits per heavy atom. The zero-order valence-corrected chi connectivity index (χ0v) is 14.4. The first-order valence-electron chi connectivity index (χ1n) is 7.66. The van der Waals surface area contributed by atoms with E-state index in [4.69, 9.17) is 0 Å². The van der Waals surface area contributed by atoms with E-state index in [1.807, 2.05) is 7.05 Å². The molecule has 1 aromatic rings. The number of carbonyl (C=O) groups is 1. The molecule has 0 aromatic heterocycles. The second-order valence-electron chi connectivity index (χ2n) is 5.64. The number of anilines is 1. The van der Waals surface area contributed by atoms with Gasteiger partial charge >= 0.3 is 0 Å². The van der Waals surface area contributed by atoms with E-state index in [0.29, 0.717) is 31.7 Å². The molecule has 0 unspecified atom stereocenters. The molecule has 128 valence electrons. The SMILES string of the molecule is CNCCC(=O)Nc1cccc(S(=O)(=O)N2CCN(C)CC2)c1. The second kappa shape index (κ2) is 7.87. The Kier molecular flexibility index (Phi) is 6.11. The number of hydrogen-bond acceptors (Lipinski definition) is 5. The van der Waals surface area contributed by atoms with Gasteiger partial charge in [0.15, 0.2) is 0 Å². The molecular formula is C15H24N4O3S. The third-order valence-electron chi connectivity index (χ3n) is 3.82. The lowest BCUT2D eigenvalue weighted by molar-refractivity contribution is -0.116. The highest BCUT2D eigenvalue weighted by molar-refractivity contribution is 7.89. The van der Waals surface area contributed by atoms with Gasteiger partial charge in [0.2, 0.25) is 15.9 Å². The van der Waals surface area contributed by atoms with Crippen LogP contribution in [0.2, 0.25) is 0 Å². The molecule has 0 bridgehead atoms. The third-order valence-corrected chi connectivity index (χ3v) is 5.71. The lowest BCUT2D eigenvalue weighted by Crippen LogP contribution is -2.47. The Morgan fingerprint density at radius 1 is 1.22 bits per heavy atom. The van der Waals surface area contributed by atoms with Gasteiger partial charge in [-0.3, -0.25) is 4.79 Å². The molecule has 2 N–H and O–H groups in total. The van der Waals surface area contributed by atoms with E-state index in [1.165, 1.54) is 10.4 Å². The normalized spacial score (nSPS) is 17.1. The Balaban J connectivity index is 2.10. The zero-order valence-electron chi connectivity index (χ0n) is 13.6. The molecule has 1 saturated heterocycles. The molecule has 0 saturated carbocycles. The van der Waals surface area contributed by atoms with Crippen molar-refractivity contribution in [3.8, 4) is 0 Å². The molecule has 8 heteroatoms. The molecule has 0 atom stereocenters. The van der Waals surface area contributed by atoms with Crippen LogP contribution in [-0.4, -0.2) is 70.3 Å². The van der Waals surface area contributed by atoms with Crippen LogP contribution in [0.4, 0.5) is 5.69 Å². The second-order valence-corrected chi connectivity index (χ2v) is 7.57. The Labute approximate surface area is 137 Å². The fourth-order valence-electron chi connectivity index (χ4n) is 2.37. The summed E-state index contributed by atoms with van der Waals surface area (Å²) in [5, 5.41) is 5.63.